The van der Waals surface area contributed by atoms with Crippen molar-refractivity contribution in [2.75, 3.05) is 13.2 Å². The predicted octanol–water partition coefficient (Wildman–Crippen LogP) is 1.18. The zero-order valence-corrected chi connectivity index (χ0v) is 13.0. The van der Waals surface area contributed by atoms with Crippen molar-refractivity contribution >= 4 is 11.7 Å². The summed E-state index contributed by atoms with van der Waals surface area (Å²) in [6.07, 6.45) is 4.56. The summed E-state index contributed by atoms with van der Waals surface area (Å²) in [5, 5.41) is 10.8. The molecule has 1 aliphatic heterocycles. The first-order valence-electron chi connectivity index (χ1n) is 7.78. The quantitative estimate of drug-likeness (QED) is 0.538. The van der Waals surface area contributed by atoms with Crippen LogP contribution in [0.3, 0.4) is 0 Å². The smallest absolute Gasteiger partial charge is 0.222 e. The van der Waals surface area contributed by atoms with Gasteiger partial charge in [-0.15, -0.1) is 0 Å². The van der Waals surface area contributed by atoms with Gasteiger partial charge in [-0.25, -0.2) is 0 Å². The molecule has 1 saturated carbocycles. The third-order valence-corrected chi connectivity index (χ3v) is 4.44. The van der Waals surface area contributed by atoms with E-state index < -0.39 is 5.54 Å². The van der Waals surface area contributed by atoms with Gasteiger partial charge in [0.1, 0.15) is 5.84 Å². The fourth-order valence-electron chi connectivity index (χ4n) is 3.42. The van der Waals surface area contributed by atoms with Crippen LogP contribution in [0, 0.1) is 11.3 Å². The van der Waals surface area contributed by atoms with Gasteiger partial charge in [0, 0.05) is 25.7 Å². The van der Waals surface area contributed by atoms with Gasteiger partial charge in [-0.3, -0.25) is 10.2 Å². The number of hydrogen-bond donors (Lipinski definition) is 3. The zero-order chi connectivity index (χ0) is 15.5. The van der Waals surface area contributed by atoms with Gasteiger partial charge in [0.05, 0.1) is 18.1 Å². The Balaban J connectivity index is 2.07. The van der Waals surface area contributed by atoms with Crippen molar-refractivity contribution < 1.29 is 14.3 Å². The van der Waals surface area contributed by atoms with Crippen LogP contribution in [0.2, 0.25) is 0 Å². The molecule has 3 atom stereocenters. The molecule has 0 aromatic carbocycles. The summed E-state index contributed by atoms with van der Waals surface area (Å²) in [6.45, 7) is 4.82. The van der Waals surface area contributed by atoms with Crippen molar-refractivity contribution in [1.82, 2.24) is 5.32 Å². The molecular weight excluding hydrogens is 270 g/mol. The Morgan fingerprint density at radius 2 is 2.05 bits per heavy atom. The average molecular weight is 297 g/mol. The minimum Gasteiger partial charge on any atom is -0.381 e. The van der Waals surface area contributed by atoms with Crippen LogP contribution in [-0.2, 0) is 14.3 Å². The molecule has 2 aliphatic rings. The first kappa shape index (κ1) is 16.4. The summed E-state index contributed by atoms with van der Waals surface area (Å²) >= 11 is 0. The van der Waals surface area contributed by atoms with Gasteiger partial charge < -0.3 is 20.5 Å². The molecule has 2 fully saturated rings. The van der Waals surface area contributed by atoms with Crippen LogP contribution < -0.4 is 11.1 Å². The minimum atomic E-state index is -0.520. The molecule has 1 aliphatic carbocycles. The van der Waals surface area contributed by atoms with E-state index in [9.17, 15) is 4.79 Å². The normalized spacial score (nSPS) is 34.4. The van der Waals surface area contributed by atoms with E-state index in [0.717, 1.165) is 45.3 Å². The van der Waals surface area contributed by atoms with E-state index in [-0.39, 0.29) is 29.9 Å². The van der Waals surface area contributed by atoms with E-state index in [4.69, 9.17) is 20.6 Å². The van der Waals surface area contributed by atoms with Crippen LogP contribution in [0.5, 0.6) is 0 Å². The first-order chi connectivity index (χ1) is 9.90. The van der Waals surface area contributed by atoms with Crippen molar-refractivity contribution in [2.24, 2.45) is 11.7 Å². The number of hydrogen-bond acceptors (Lipinski definition) is 5. The number of amides is 1. The molecule has 0 radical (unpaired) electrons. The molecule has 6 nitrogen and oxygen atoms in total. The highest BCUT2D eigenvalue weighted by atomic mass is 16.5. The Kier molecular flexibility index (Phi) is 5.35. The van der Waals surface area contributed by atoms with Crippen LogP contribution in [0.4, 0.5) is 0 Å². The molecule has 1 heterocycles. The number of amidine groups is 1. The molecule has 2 unspecified atom stereocenters. The van der Waals surface area contributed by atoms with Gasteiger partial charge in [-0.1, -0.05) is 0 Å². The molecular formula is C15H27N3O3. The molecule has 0 spiro atoms. The Hall–Kier alpha value is -0.980. The highest BCUT2D eigenvalue weighted by Gasteiger charge is 2.44. The van der Waals surface area contributed by atoms with Gasteiger partial charge in [0.2, 0.25) is 5.91 Å². The van der Waals surface area contributed by atoms with Crippen LogP contribution >= 0.6 is 0 Å². The second kappa shape index (κ2) is 6.85. The van der Waals surface area contributed by atoms with Crippen LogP contribution in [0.25, 0.3) is 0 Å². The molecule has 1 saturated heterocycles. The Morgan fingerprint density at radius 1 is 1.38 bits per heavy atom. The lowest BCUT2D eigenvalue weighted by atomic mass is 9.72. The lowest BCUT2D eigenvalue weighted by Gasteiger charge is -2.44. The summed E-state index contributed by atoms with van der Waals surface area (Å²) in [5.41, 5.74) is 5.88. The SMILES string of the molecule is CC(=O)NC(=N)C1C(OC2CCOCC2)CCC[C@]1(C)N. The second-order valence-corrected chi connectivity index (χ2v) is 6.46. The lowest BCUT2D eigenvalue weighted by molar-refractivity contribution is -0.118. The molecule has 21 heavy (non-hydrogen) atoms. The standard InChI is InChI=1S/C15H27N3O3/c1-10(19)18-14(16)13-12(4-3-7-15(13,2)17)21-11-5-8-20-9-6-11/h11-13H,3-9,17H2,1-2H3,(H2,16,18,19)/t12?,13?,15-/m0/s1. The van der Waals surface area contributed by atoms with Crippen molar-refractivity contribution in [3.05, 3.63) is 0 Å². The largest absolute Gasteiger partial charge is 0.381 e. The van der Waals surface area contributed by atoms with Crippen molar-refractivity contribution in [2.45, 2.75) is 63.7 Å². The maximum atomic E-state index is 11.3. The summed E-state index contributed by atoms with van der Waals surface area (Å²) < 4.78 is 11.6. The van der Waals surface area contributed by atoms with E-state index in [2.05, 4.69) is 5.32 Å². The van der Waals surface area contributed by atoms with Crippen LogP contribution in [0.1, 0.15) is 46.0 Å². The van der Waals surface area contributed by atoms with Crippen LogP contribution in [-0.4, -0.2) is 42.7 Å². The topological polar surface area (TPSA) is 97.4 Å². The fraction of sp³-hybridized carbons (Fsp3) is 0.867. The third-order valence-electron chi connectivity index (χ3n) is 4.44. The molecule has 0 aromatic rings. The van der Waals surface area contributed by atoms with E-state index >= 15 is 0 Å². The number of carbonyl (C=O) groups is 1. The average Bonchev–Trinajstić information content (AvgIpc) is 2.37. The summed E-state index contributed by atoms with van der Waals surface area (Å²) in [6, 6.07) is 0. The highest BCUT2D eigenvalue weighted by molar-refractivity contribution is 5.97. The maximum absolute atomic E-state index is 11.3. The second-order valence-electron chi connectivity index (χ2n) is 6.46. The third kappa shape index (κ3) is 4.25. The first-order valence-corrected chi connectivity index (χ1v) is 7.78. The number of ether oxygens (including phenoxy) is 2. The molecule has 1 amide bonds. The van der Waals surface area contributed by atoms with Gasteiger partial charge >= 0.3 is 0 Å². The van der Waals surface area contributed by atoms with Crippen LogP contribution in [0.15, 0.2) is 0 Å². The molecule has 120 valence electrons. The Labute approximate surface area is 126 Å². The zero-order valence-electron chi connectivity index (χ0n) is 13.0. The number of nitrogens with two attached hydrogens (primary N) is 1. The van der Waals surface area contributed by atoms with Gasteiger partial charge in [-0.05, 0) is 39.0 Å². The summed E-state index contributed by atoms with van der Waals surface area (Å²) in [5.74, 6) is -0.312. The number of carbonyl (C=O) groups excluding carboxylic acids is 1. The highest BCUT2D eigenvalue weighted by Crippen LogP contribution is 2.35. The van der Waals surface area contributed by atoms with E-state index in [0.29, 0.717) is 0 Å². The Bertz CT molecular complexity index is 392. The van der Waals surface area contributed by atoms with E-state index in [1.165, 1.54) is 6.92 Å². The minimum absolute atomic E-state index is 0.101. The van der Waals surface area contributed by atoms with Crippen molar-refractivity contribution in [1.29, 1.82) is 5.41 Å². The summed E-state index contributed by atoms with van der Waals surface area (Å²) in [7, 11) is 0. The molecule has 6 heteroatoms. The van der Waals surface area contributed by atoms with E-state index in [1.807, 2.05) is 6.92 Å². The maximum Gasteiger partial charge on any atom is 0.222 e. The van der Waals surface area contributed by atoms with Crippen molar-refractivity contribution in [3.8, 4) is 0 Å². The number of nitrogens with one attached hydrogen (secondary N) is 2. The summed E-state index contributed by atoms with van der Waals surface area (Å²) in [4.78, 5) is 11.3. The monoisotopic (exact) mass is 297 g/mol. The van der Waals surface area contributed by atoms with Gasteiger partial charge in [0.25, 0.3) is 0 Å². The Morgan fingerprint density at radius 3 is 2.67 bits per heavy atom. The van der Waals surface area contributed by atoms with Gasteiger partial charge in [0.15, 0.2) is 0 Å². The predicted molar refractivity (Wildman–Crippen MR) is 80.2 cm³/mol. The number of rotatable bonds is 3. The molecule has 4 N–H and O–H groups in total. The van der Waals surface area contributed by atoms with Crippen molar-refractivity contribution in [3.63, 3.8) is 0 Å². The molecule has 0 bridgehead atoms. The lowest BCUT2D eigenvalue weighted by Crippen LogP contribution is -2.59. The van der Waals surface area contributed by atoms with E-state index in [1.54, 1.807) is 0 Å². The molecule has 0 aromatic heterocycles. The molecule has 2 rings (SSSR count). The van der Waals surface area contributed by atoms with Gasteiger partial charge in [-0.2, -0.15) is 0 Å². The fourth-order valence-corrected chi connectivity index (χ4v) is 3.42.